The number of rotatable bonds is 5. The van der Waals surface area contributed by atoms with Crippen molar-refractivity contribution >= 4 is 17.5 Å². The molecule has 2 aliphatic rings. The standard InChI is InChI=1S/C16H23N5O3/c17-16(23)13-11-18-2-1-14(13)21-6-5-20(15(22)12-21)4-3-19-7-9-24-10-8-19/h1-2,11H,3-10,12H2,(H2,17,23). The number of anilines is 1. The van der Waals surface area contributed by atoms with E-state index in [1.54, 1.807) is 12.3 Å². The van der Waals surface area contributed by atoms with Crippen LogP contribution in [0.15, 0.2) is 18.5 Å². The van der Waals surface area contributed by atoms with Crippen LogP contribution in [0.25, 0.3) is 0 Å². The summed E-state index contributed by atoms with van der Waals surface area (Å²) in [5.41, 5.74) is 6.43. The van der Waals surface area contributed by atoms with E-state index in [0.29, 0.717) is 24.3 Å². The van der Waals surface area contributed by atoms with Crippen LogP contribution < -0.4 is 10.6 Å². The number of hydrogen-bond donors (Lipinski definition) is 1. The van der Waals surface area contributed by atoms with Crippen molar-refractivity contribution < 1.29 is 14.3 Å². The van der Waals surface area contributed by atoms with Crippen molar-refractivity contribution in [1.82, 2.24) is 14.8 Å². The number of hydrogen-bond acceptors (Lipinski definition) is 6. The number of piperazine rings is 1. The summed E-state index contributed by atoms with van der Waals surface area (Å²) in [6, 6.07) is 1.73. The molecule has 24 heavy (non-hydrogen) atoms. The minimum Gasteiger partial charge on any atom is -0.379 e. The highest BCUT2D eigenvalue weighted by Gasteiger charge is 2.26. The molecule has 2 aliphatic heterocycles. The van der Waals surface area contributed by atoms with Crippen LogP contribution in [0.3, 0.4) is 0 Å². The van der Waals surface area contributed by atoms with Gasteiger partial charge in [-0.05, 0) is 6.07 Å². The largest absolute Gasteiger partial charge is 0.379 e. The van der Waals surface area contributed by atoms with Crippen molar-refractivity contribution in [3.8, 4) is 0 Å². The van der Waals surface area contributed by atoms with Gasteiger partial charge in [-0.3, -0.25) is 19.5 Å². The molecule has 1 aromatic rings. The molecular weight excluding hydrogens is 310 g/mol. The Labute approximate surface area is 141 Å². The maximum absolute atomic E-state index is 12.4. The number of aromatic nitrogens is 1. The second-order valence-electron chi connectivity index (χ2n) is 6.01. The second kappa shape index (κ2) is 7.59. The molecule has 130 valence electrons. The predicted octanol–water partition coefficient (Wildman–Crippen LogP) is -0.839. The number of primary amides is 1. The number of pyridine rings is 1. The van der Waals surface area contributed by atoms with Crippen LogP contribution in [0, 0.1) is 0 Å². The van der Waals surface area contributed by atoms with Gasteiger partial charge in [0.15, 0.2) is 0 Å². The molecule has 0 bridgehead atoms. The van der Waals surface area contributed by atoms with Crippen molar-refractivity contribution in [2.24, 2.45) is 5.73 Å². The molecule has 0 atom stereocenters. The molecule has 1 aromatic heterocycles. The van der Waals surface area contributed by atoms with E-state index in [-0.39, 0.29) is 12.5 Å². The lowest BCUT2D eigenvalue weighted by Gasteiger charge is -2.37. The quantitative estimate of drug-likeness (QED) is 0.755. The number of carbonyl (C=O) groups is 2. The zero-order valence-electron chi connectivity index (χ0n) is 13.7. The maximum atomic E-state index is 12.4. The van der Waals surface area contributed by atoms with Gasteiger partial charge in [-0.25, -0.2) is 0 Å². The molecule has 2 amide bonds. The number of nitrogens with zero attached hydrogens (tertiary/aromatic N) is 4. The van der Waals surface area contributed by atoms with Crippen molar-refractivity contribution in [3.05, 3.63) is 24.0 Å². The van der Waals surface area contributed by atoms with Crippen LogP contribution in [-0.2, 0) is 9.53 Å². The Kier molecular flexibility index (Phi) is 5.27. The van der Waals surface area contributed by atoms with Crippen molar-refractivity contribution in [2.45, 2.75) is 0 Å². The normalized spacial score (nSPS) is 19.6. The van der Waals surface area contributed by atoms with Gasteiger partial charge >= 0.3 is 0 Å². The number of carbonyl (C=O) groups excluding carboxylic acids is 2. The zero-order valence-corrected chi connectivity index (χ0v) is 13.7. The van der Waals surface area contributed by atoms with Crippen LogP contribution in [-0.4, -0.2) is 85.6 Å². The minimum atomic E-state index is -0.528. The summed E-state index contributed by atoms with van der Waals surface area (Å²) >= 11 is 0. The van der Waals surface area contributed by atoms with E-state index in [2.05, 4.69) is 9.88 Å². The van der Waals surface area contributed by atoms with E-state index in [0.717, 1.165) is 39.4 Å². The average Bonchev–Trinajstić information content (AvgIpc) is 2.61. The van der Waals surface area contributed by atoms with Gasteiger partial charge in [0.1, 0.15) is 0 Å². The predicted molar refractivity (Wildman–Crippen MR) is 88.8 cm³/mol. The number of amides is 2. The van der Waals surface area contributed by atoms with Gasteiger partial charge < -0.3 is 20.3 Å². The van der Waals surface area contributed by atoms with Gasteiger partial charge in [0.25, 0.3) is 5.91 Å². The summed E-state index contributed by atoms with van der Waals surface area (Å²) in [5.74, 6) is -0.456. The fourth-order valence-electron chi connectivity index (χ4n) is 3.09. The third-order valence-electron chi connectivity index (χ3n) is 4.51. The second-order valence-corrected chi connectivity index (χ2v) is 6.01. The van der Waals surface area contributed by atoms with E-state index in [9.17, 15) is 9.59 Å². The van der Waals surface area contributed by atoms with Gasteiger partial charge in [0, 0.05) is 51.7 Å². The molecule has 0 saturated carbocycles. The van der Waals surface area contributed by atoms with E-state index in [1.807, 2.05) is 9.80 Å². The Balaban J connectivity index is 1.57. The fraction of sp³-hybridized carbons (Fsp3) is 0.562. The molecule has 0 aromatic carbocycles. The summed E-state index contributed by atoms with van der Waals surface area (Å²) < 4.78 is 5.33. The van der Waals surface area contributed by atoms with Crippen molar-refractivity contribution in [3.63, 3.8) is 0 Å². The lowest BCUT2D eigenvalue weighted by molar-refractivity contribution is -0.131. The molecule has 3 heterocycles. The molecule has 2 N–H and O–H groups in total. The summed E-state index contributed by atoms with van der Waals surface area (Å²) in [5, 5.41) is 0. The third-order valence-corrected chi connectivity index (χ3v) is 4.51. The Morgan fingerprint density at radius 2 is 2.00 bits per heavy atom. The van der Waals surface area contributed by atoms with Crippen LogP contribution in [0.2, 0.25) is 0 Å². The summed E-state index contributed by atoms with van der Waals surface area (Å²) in [7, 11) is 0. The van der Waals surface area contributed by atoms with Crippen LogP contribution in [0.5, 0.6) is 0 Å². The van der Waals surface area contributed by atoms with Crippen LogP contribution in [0.4, 0.5) is 5.69 Å². The Hall–Kier alpha value is -2.19. The SMILES string of the molecule is NC(=O)c1cnccc1N1CCN(CCN2CCOCC2)C(=O)C1. The fourth-order valence-corrected chi connectivity index (χ4v) is 3.09. The highest BCUT2D eigenvalue weighted by molar-refractivity contribution is 5.99. The molecule has 3 rings (SSSR count). The van der Waals surface area contributed by atoms with Crippen molar-refractivity contribution in [1.29, 1.82) is 0 Å². The van der Waals surface area contributed by atoms with Gasteiger partial charge in [-0.2, -0.15) is 0 Å². The lowest BCUT2D eigenvalue weighted by Crippen LogP contribution is -2.53. The van der Waals surface area contributed by atoms with E-state index >= 15 is 0 Å². The molecule has 8 nitrogen and oxygen atoms in total. The third kappa shape index (κ3) is 3.82. The first kappa shape index (κ1) is 16.7. The summed E-state index contributed by atoms with van der Waals surface area (Å²) in [6.07, 6.45) is 3.06. The Morgan fingerprint density at radius 1 is 1.21 bits per heavy atom. The van der Waals surface area contributed by atoms with Gasteiger partial charge in [-0.15, -0.1) is 0 Å². The summed E-state index contributed by atoms with van der Waals surface area (Å²) in [4.78, 5) is 34.0. The van der Waals surface area contributed by atoms with Crippen LogP contribution in [0.1, 0.15) is 10.4 Å². The first-order valence-electron chi connectivity index (χ1n) is 8.22. The van der Waals surface area contributed by atoms with Gasteiger partial charge in [-0.1, -0.05) is 0 Å². The van der Waals surface area contributed by atoms with Crippen molar-refractivity contribution in [2.75, 3.05) is 63.9 Å². The molecule has 0 radical (unpaired) electrons. The minimum absolute atomic E-state index is 0.0711. The first-order chi connectivity index (χ1) is 11.6. The monoisotopic (exact) mass is 333 g/mol. The number of ether oxygens (including phenoxy) is 1. The molecular formula is C16H23N5O3. The van der Waals surface area contributed by atoms with Gasteiger partial charge in [0.05, 0.1) is 31.0 Å². The molecule has 0 spiro atoms. The summed E-state index contributed by atoms with van der Waals surface area (Å²) in [6.45, 7) is 6.55. The molecule has 8 heteroatoms. The van der Waals surface area contributed by atoms with Gasteiger partial charge in [0.2, 0.25) is 5.91 Å². The molecule has 0 unspecified atom stereocenters. The number of nitrogens with two attached hydrogens (primary N) is 1. The highest BCUT2D eigenvalue weighted by Crippen LogP contribution is 2.21. The smallest absolute Gasteiger partial charge is 0.252 e. The topological polar surface area (TPSA) is 92.0 Å². The maximum Gasteiger partial charge on any atom is 0.252 e. The molecule has 0 aliphatic carbocycles. The van der Waals surface area contributed by atoms with E-state index in [4.69, 9.17) is 10.5 Å². The Bertz CT molecular complexity index is 603. The lowest BCUT2D eigenvalue weighted by atomic mass is 10.1. The molecule has 2 saturated heterocycles. The zero-order chi connectivity index (χ0) is 16.9. The average molecular weight is 333 g/mol. The number of morpholine rings is 1. The Morgan fingerprint density at radius 3 is 2.71 bits per heavy atom. The first-order valence-corrected chi connectivity index (χ1v) is 8.22. The highest BCUT2D eigenvalue weighted by atomic mass is 16.5. The van der Waals surface area contributed by atoms with E-state index in [1.165, 1.54) is 6.20 Å². The van der Waals surface area contributed by atoms with E-state index < -0.39 is 5.91 Å². The molecule has 2 fully saturated rings. The van der Waals surface area contributed by atoms with Crippen LogP contribution >= 0.6 is 0 Å².